The molecule has 0 atom stereocenters. The number of sulfonamides is 1. The third-order valence-corrected chi connectivity index (χ3v) is 5.67. The SMILES string of the molecule is Cc1ccc(/C=C/S(=O)(=O)Nc2ccccc2NC(=O)Nc2ccc(Cl)cc2Cl)cc1. The van der Waals surface area contributed by atoms with Crippen LogP contribution in [0.5, 0.6) is 0 Å². The fourth-order valence-corrected chi connectivity index (χ4v) is 3.93. The van der Waals surface area contributed by atoms with E-state index < -0.39 is 16.1 Å². The first-order valence-corrected chi connectivity index (χ1v) is 11.4. The Balaban J connectivity index is 1.72. The normalized spacial score (nSPS) is 11.3. The maximum Gasteiger partial charge on any atom is 0.323 e. The van der Waals surface area contributed by atoms with Crippen LogP contribution in [0.25, 0.3) is 6.08 Å². The molecule has 2 amide bonds. The number of amides is 2. The van der Waals surface area contributed by atoms with Crippen molar-refractivity contribution in [3.05, 3.63) is 93.3 Å². The molecule has 0 aliphatic heterocycles. The van der Waals surface area contributed by atoms with Gasteiger partial charge in [-0.3, -0.25) is 4.72 Å². The first-order chi connectivity index (χ1) is 14.7. The Kier molecular flexibility index (Phi) is 7.22. The number of urea groups is 1. The van der Waals surface area contributed by atoms with Crippen molar-refractivity contribution >= 4 is 62.4 Å². The highest BCUT2D eigenvalue weighted by atomic mass is 35.5. The number of benzene rings is 3. The summed E-state index contributed by atoms with van der Waals surface area (Å²) in [5, 5.41) is 6.99. The third kappa shape index (κ3) is 6.75. The number of para-hydroxylation sites is 2. The molecule has 0 aliphatic rings. The summed E-state index contributed by atoms with van der Waals surface area (Å²) in [6, 6.07) is 17.9. The topological polar surface area (TPSA) is 87.3 Å². The average Bonchev–Trinajstić information content (AvgIpc) is 2.71. The first kappa shape index (κ1) is 22.7. The number of nitrogens with one attached hydrogen (secondary N) is 3. The van der Waals surface area contributed by atoms with Crippen LogP contribution in [0, 0.1) is 6.92 Å². The monoisotopic (exact) mass is 475 g/mol. The van der Waals surface area contributed by atoms with Gasteiger partial charge in [-0.05, 0) is 48.9 Å². The summed E-state index contributed by atoms with van der Waals surface area (Å²) in [7, 11) is -3.81. The van der Waals surface area contributed by atoms with E-state index in [1.165, 1.54) is 12.1 Å². The van der Waals surface area contributed by atoms with Crippen LogP contribution in [0.15, 0.2) is 72.1 Å². The van der Waals surface area contributed by atoms with Crippen LogP contribution < -0.4 is 15.4 Å². The van der Waals surface area contributed by atoms with Crippen molar-refractivity contribution in [1.82, 2.24) is 0 Å². The Hall–Kier alpha value is -3.00. The molecule has 0 aliphatic carbocycles. The molecule has 0 aromatic heterocycles. The Morgan fingerprint density at radius 3 is 2.19 bits per heavy atom. The molecule has 0 saturated heterocycles. The molecule has 0 bridgehead atoms. The molecule has 0 heterocycles. The summed E-state index contributed by atoms with van der Waals surface area (Å²) >= 11 is 11.9. The lowest BCUT2D eigenvalue weighted by molar-refractivity contribution is 0.262. The molecule has 0 saturated carbocycles. The van der Waals surface area contributed by atoms with Crippen LogP contribution in [0.1, 0.15) is 11.1 Å². The lowest BCUT2D eigenvalue weighted by atomic mass is 10.2. The van der Waals surface area contributed by atoms with Crippen molar-refractivity contribution in [2.24, 2.45) is 0 Å². The van der Waals surface area contributed by atoms with E-state index in [0.29, 0.717) is 10.7 Å². The minimum atomic E-state index is -3.81. The predicted molar refractivity (Wildman–Crippen MR) is 128 cm³/mol. The standard InChI is InChI=1S/C22H19Cl2N3O3S/c1-15-6-8-16(9-7-15)12-13-31(29,30)27-21-5-3-2-4-20(21)26-22(28)25-19-11-10-17(23)14-18(19)24/h2-14,27H,1H3,(H2,25,26,28)/b13-12+. The largest absolute Gasteiger partial charge is 0.323 e. The molecule has 9 heteroatoms. The van der Waals surface area contributed by atoms with Gasteiger partial charge in [-0.1, -0.05) is 65.2 Å². The minimum absolute atomic E-state index is 0.216. The molecule has 3 aromatic rings. The van der Waals surface area contributed by atoms with Crippen molar-refractivity contribution in [2.45, 2.75) is 6.92 Å². The molecule has 0 radical (unpaired) electrons. The summed E-state index contributed by atoms with van der Waals surface area (Å²) in [6.45, 7) is 1.95. The average molecular weight is 476 g/mol. The van der Waals surface area contributed by atoms with Gasteiger partial charge in [-0.2, -0.15) is 0 Å². The lowest BCUT2D eigenvalue weighted by Gasteiger charge is -2.13. The summed E-state index contributed by atoms with van der Waals surface area (Å²) < 4.78 is 27.4. The zero-order valence-corrected chi connectivity index (χ0v) is 18.7. The van der Waals surface area contributed by atoms with Gasteiger partial charge in [0, 0.05) is 5.02 Å². The number of carbonyl (C=O) groups is 1. The van der Waals surface area contributed by atoms with Crippen LogP contribution in [-0.4, -0.2) is 14.4 Å². The van der Waals surface area contributed by atoms with E-state index in [4.69, 9.17) is 23.2 Å². The second-order valence-corrected chi connectivity index (χ2v) is 9.02. The van der Waals surface area contributed by atoms with E-state index >= 15 is 0 Å². The molecule has 0 unspecified atom stereocenters. The fourth-order valence-electron chi connectivity index (χ4n) is 2.58. The Morgan fingerprint density at radius 1 is 0.871 bits per heavy atom. The summed E-state index contributed by atoms with van der Waals surface area (Å²) in [4.78, 5) is 12.4. The van der Waals surface area contributed by atoms with E-state index in [2.05, 4.69) is 15.4 Å². The molecule has 31 heavy (non-hydrogen) atoms. The molecule has 0 spiro atoms. The summed E-state index contributed by atoms with van der Waals surface area (Å²) in [5.74, 6) is 0. The summed E-state index contributed by atoms with van der Waals surface area (Å²) in [5.41, 5.74) is 2.69. The zero-order valence-electron chi connectivity index (χ0n) is 16.4. The molecule has 3 aromatic carbocycles. The van der Waals surface area contributed by atoms with Crippen molar-refractivity contribution in [3.63, 3.8) is 0 Å². The number of halogens is 2. The Labute approximate surface area is 190 Å². The van der Waals surface area contributed by atoms with Crippen LogP contribution in [0.2, 0.25) is 10.0 Å². The molecular weight excluding hydrogens is 457 g/mol. The van der Waals surface area contributed by atoms with Gasteiger partial charge >= 0.3 is 6.03 Å². The molecule has 3 rings (SSSR count). The smallest absolute Gasteiger partial charge is 0.306 e. The van der Waals surface area contributed by atoms with Gasteiger partial charge in [0.1, 0.15) is 0 Å². The number of carbonyl (C=O) groups excluding carboxylic acids is 1. The van der Waals surface area contributed by atoms with E-state index in [-0.39, 0.29) is 16.4 Å². The van der Waals surface area contributed by atoms with Crippen molar-refractivity contribution < 1.29 is 13.2 Å². The van der Waals surface area contributed by atoms with Gasteiger partial charge in [0.15, 0.2) is 0 Å². The summed E-state index contributed by atoms with van der Waals surface area (Å²) in [6.07, 6.45) is 1.49. The molecule has 3 N–H and O–H groups in total. The van der Waals surface area contributed by atoms with Gasteiger partial charge in [0.25, 0.3) is 10.0 Å². The predicted octanol–water partition coefficient (Wildman–Crippen LogP) is 6.36. The van der Waals surface area contributed by atoms with Gasteiger partial charge in [-0.15, -0.1) is 0 Å². The highest BCUT2D eigenvalue weighted by Crippen LogP contribution is 2.27. The second-order valence-electron chi connectivity index (χ2n) is 6.61. The van der Waals surface area contributed by atoms with Gasteiger partial charge in [0.2, 0.25) is 0 Å². The third-order valence-electron chi connectivity index (χ3n) is 4.12. The van der Waals surface area contributed by atoms with Gasteiger partial charge in [0.05, 0.1) is 27.5 Å². The zero-order chi connectivity index (χ0) is 22.4. The van der Waals surface area contributed by atoms with Crippen molar-refractivity contribution in [2.75, 3.05) is 15.4 Å². The molecule has 0 fully saturated rings. The van der Waals surface area contributed by atoms with E-state index in [1.54, 1.807) is 36.4 Å². The maximum absolute atomic E-state index is 12.5. The molecule has 6 nitrogen and oxygen atoms in total. The number of anilines is 3. The highest BCUT2D eigenvalue weighted by molar-refractivity contribution is 7.95. The van der Waals surface area contributed by atoms with E-state index in [9.17, 15) is 13.2 Å². The van der Waals surface area contributed by atoms with Gasteiger partial charge < -0.3 is 10.6 Å². The maximum atomic E-state index is 12.5. The van der Waals surface area contributed by atoms with Crippen LogP contribution >= 0.6 is 23.2 Å². The number of rotatable bonds is 6. The molecular formula is C22H19Cl2N3O3S. The number of aryl methyl sites for hydroxylation is 1. The first-order valence-electron chi connectivity index (χ1n) is 9.11. The minimum Gasteiger partial charge on any atom is -0.306 e. The van der Waals surface area contributed by atoms with Crippen molar-refractivity contribution in [1.29, 1.82) is 0 Å². The second kappa shape index (κ2) is 9.87. The van der Waals surface area contributed by atoms with E-state index in [0.717, 1.165) is 16.5 Å². The van der Waals surface area contributed by atoms with E-state index in [1.807, 2.05) is 31.2 Å². The highest BCUT2D eigenvalue weighted by Gasteiger charge is 2.12. The number of hydrogen-bond donors (Lipinski definition) is 3. The van der Waals surface area contributed by atoms with Crippen LogP contribution in [0.3, 0.4) is 0 Å². The quantitative estimate of drug-likeness (QED) is 0.387. The lowest BCUT2D eigenvalue weighted by Crippen LogP contribution is -2.21. The Bertz CT molecular complexity index is 1230. The van der Waals surface area contributed by atoms with Gasteiger partial charge in [-0.25, -0.2) is 13.2 Å². The van der Waals surface area contributed by atoms with Crippen molar-refractivity contribution in [3.8, 4) is 0 Å². The number of hydrogen-bond acceptors (Lipinski definition) is 3. The van der Waals surface area contributed by atoms with Crippen LogP contribution in [0.4, 0.5) is 21.9 Å². The Morgan fingerprint density at radius 2 is 1.52 bits per heavy atom. The fraction of sp³-hybridized carbons (Fsp3) is 0.0455. The molecule has 160 valence electrons. The van der Waals surface area contributed by atoms with Crippen LogP contribution in [-0.2, 0) is 10.0 Å².